The fraction of sp³-hybridized carbons (Fsp3) is 0.625. The van der Waals surface area contributed by atoms with Gasteiger partial charge in [-0.2, -0.15) is 0 Å². The lowest BCUT2D eigenvalue weighted by Gasteiger charge is -2.25. The molecule has 0 saturated heterocycles. The Balaban J connectivity index is 2.32. The van der Waals surface area contributed by atoms with Gasteiger partial charge in [0.1, 0.15) is 17.2 Å². The second kappa shape index (κ2) is 5.91. The summed E-state index contributed by atoms with van der Waals surface area (Å²) < 4.78 is 34.8. The molecule has 0 aliphatic carbocycles. The minimum atomic E-state index is -1.24. The highest BCUT2D eigenvalue weighted by Gasteiger charge is 2.36. The van der Waals surface area contributed by atoms with Gasteiger partial charge in [0.2, 0.25) is 0 Å². The van der Waals surface area contributed by atoms with Crippen LogP contribution >= 0.6 is 0 Å². The molecule has 0 spiro atoms. The van der Waals surface area contributed by atoms with Crippen LogP contribution in [0.15, 0.2) is 12.1 Å². The zero-order valence-corrected chi connectivity index (χ0v) is 14.6. The Labute approximate surface area is 134 Å². The number of nitrogens with one attached hydrogen (secondary N) is 1. The van der Waals surface area contributed by atoms with Gasteiger partial charge in [-0.3, -0.25) is 0 Å². The lowest BCUT2D eigenvalue weighted by atomic mass is 9.97. The molecular formula is C16H25FN2O2S. The molecule has 0 amide bonds. The van der Waals surface area contributed by atoms with E-state index in [1.54, 1.807) is 0 Å². The Bertz CT molecular complexity index is 601. The predicted molar refractivity (Wildman–Crippen MR) is 87.6 cm³/mol. The summed E-state index contributed by atoms with van der Waals surface area (Å²) in [5.41, 5.74) is 6.76. The summed E-state index contributed by atoms with van der Waals surface area (Å²) in [5.74, 6) is 0.356. The maximum absolute atomic E-state index is 13.9. The van der Waals surface area contributed by atoms with Gasteiger partial charge in [0.25, 0.3) is 0 Å². The Kier molecular flexibility index (Phi) is 4.66. The number of fused-ring (bicyclic) bond motifs is 1. The van der Waals surface area contributed by atoms with E-state index in [0.29, 0.717) is 24.3 Å². The summed E-state index contributed by atoms with van der Waals surface area (Å²) in [6.45, 7) is 9.81. The van der Waals surface area contributed by atoms with Crippen molar-refractivity contribution in [2.45, 2.75) is 57.4 Å². The molecule has 2 rings (SSSR count). The number of nitrogens with two attached hydrogens (primary N) is 1. The number of rotatable bonds is 4. The molecule has 0 bridgehead atoms. The van der Waals surface area contributed by atoms with Crippen molar-refractivity contribution in [2.24, 2.45) is 5.73 Å². The SMILES string of the molecule is C[C@@H](N[S@](=O)C(C)(C)C)c1cc(F)cc2c1O[C@@](C)(CN)C2. The van der Waals surface area contributed by atoms with Gasteiger partial charge in [-0.05, 0) is 46.8 Å². The molecular weight excluding hydrogens is 303 g/mol. The quantitative estimate of drug-likeness (QED) is 0.893. The average molecular weight is 328 g/mol. The summed E-state index contributed by atoms with van der Waals surface area (Å²) in [5, 5.41) is 0. The minimum absolute atomic E-state index is 0.287. The summed E-state index contributed by atoms with van der Waals surface area (Å²) in [7, 11) is -1.24. The molecule has 1 heterocycles. The molecule has 0 unspecified atom stereocenters. The Morgan fingerprint density at radius 3 is 2.68 bits per heavy atom. The lowest BCUT2D eigenvalue weighted by Crippen LogP contribution is -2.39. The minimum Gasteiger partial charge on any atom is -0.485 e. The van der Waals surface area contributed by atoms with E-state index in [1.807, 2.05) is 34.6 Å². The van der Waals surface area contributed by atoms with Crippen molar-refractivity contribution >= 4 is 11.0 Å². The second-order valence-electron chi connectivity index (χ2n) is 7.14. The highest BCUT2D eigenvalue weighted by atomic mass is 32.2. The smallest absolute Gasteiger partial charge is 0.128 e. The maximum atomic E-state index is 13.9. The molecule has 1 aromatic carbocycles. The Morgan fingerprint density at radius 1 is 1.50 bits per heavy atom. The van der Waals surface area contributed by atoms with Crippen LogP contribution in [0.1, 0.15) is 51.8 Å². The van der Waals surface area contributed by atoms with Gasteiger partial charge in [0, 0.05) is 30.1 Å². The monoisotopic (exact) mass is 328 g/mol. The van der Waals surface area contributed by atoms with Gasteiger partial charge < -0.3 is 10.5 Å². The number of hydrogen-bond acceptors (Lipinski definition) is 3. The van der Waals surface area contributed by atoms with Gasteiger partial charge in [-0.15, -0.1) is 0 Å². The number of hydrogen-bond donors (Lipinski definition) is 2. The van der Waals surface area contributed by atoms with E-state index >= 15 is 0 Å². The van der Waals surface area contributed by atoms with Gasteiger partial charge in [0.05, 0.1) is 15.7 Å². The van der Waals surface area contributed by atoms with E-state index in [4.69, 9.17) is 10.5 Å². The van der Waals surface area contributed by atoms with Crippen LogP contribution in [0.5, 0.6) is 5.75 Å². The van der Waals surface area contributed by atoms with Gasteiger partial charge in [-0.1, -0.05) is 0 Å². The third-order valence-electron chi connectivity index (χ3n) is 3.81. The molecule has 0 fully saturated rings. The van der Waals surface area contributed by atoms with Crippen molar-refractivity contribution in [2.75, 3.05) is 6.54 Å². The number of halogens is 1. The third kappa shape index (κ3) is 3.50. The average Bonchev–Trinajstić information content (AvgIpc) is 2.73. The predicted octanol–water partition coefficient (Wildman–Crippen LogP) is 2.59. The van der Waals surface area contributed by atoms with Crippen LogP contribution in [0.2, 0.25) is 0 Å². The van der Waals surface area contributed by atoms with Gasteiger partial charge in [-0.25, -0.2) is 13.3 Å². The fourth-order valence-corrected chi connectivity index (χ4v) is 3.25. The standard InChI is InChI=1S/C16H25FN2O2S/c1-10(19-22(20)15(2,3)4)13-7-12(17)6-11-8-16(5,9-18)21-14(11)13/h6-7,10,19H,8-9,18H2,1-5H3/t10-,16-,22-/m1/s1. The second-order valence-corrected chi connectivity index (χ2v) is 9.13. The highest BCUT2D eigenvalue weighted by molar-refractivity contribution is 7.84. The van der Waals surface area contributed by atoms with Crippen LogP contribution in [-0.2, 0) is 17.4 Å². The molecule has 3 N–H and O–H groups in total. The van der Waals surface area contributed by atoms with Crippen molar-refractivity contribution in [1.29, 1.82) is 0 Å². The molecule has 4 nitrogen and oxygen atoms in total. The fourth-order valence-electron chi connectivity index (χ4n) is 2.45. The molecule has 1 aromatic rings. The zero-order chi connectivity index (χ0) is 16.7. The van der Waals surface area contributed by atoms with Gasteiger partial charge in [0.15, 0.2) is 0 Å². The summed E-state index contributed by atoms with van der Waals surface area (Å²) >= 11 is 0. The normalized spacial score (nSPS) is 23.8. The van der Waals surface area contributed by atoms with E-state index in [9.17, 15) is 8.60 Å². The first-order valence-corrected chi connectivity index (χ1v) is 8.60. The van der Waals surface area contributed by atoms with Crippen molar-refractivity contribution < 1.29 is 13.3 Å². The van der Waals surface area contributed by atoms with E-state index in [2.05, 4.69) is 4.72 Å². The van der Waals surface area contributed by atoms with Crippen LogP contribution in [0.25, 0.3) is 0 Å². The third-order valence-corrected chi connectivity index (χ3v) is 5.49. The molecule has 1 aliphatic heterocycles. The first-order valence-electron chi connectivity index (χ1n) is 7.45. The lowest BCUT2D eigenvalue weighted by molar-refractivity contribution is 0.124. The number of benzene rings is 1. The Morgan fingerprint density at radius 2 is 2.14 bits per heavy atom. The van der Waals surface area contributed by atoms with E-state index in [0.717, 1.165) is 5.56 Å². The first kappa shape index (κ1) is 17.4. The van der Waals surface area contributed by atoms with Gasteiger partial charge >= 0.3 is 0 Å². The molecule has 124 valence electrons. The van der Waals surface area contributed by atoms with E-state index in [-0.39, 0.29) is 11.9 Å². The molecule has 3 atom stereocenters. The topological polar surface area (TPSA) is 64.3 Å². The molecule has 0 aromatic heterocycles. The van der Waals surface area contributed by atoms with Crippen molar-refractivity contribution in [3.8, 4) is 5.75 Å². The van der Waals surface area contributed by atoms with Crippen LogP contribution in [0, 0.1) is 5.82 Å². The summed E-state index contributed by atoms with van der Waals surface area (Å²) in [6, 6.07) is 2.65. The van der Waals surface area contributed by atoms with E-state index in [1.165, 1.54) is 12.1 Å². The highest BCUT2D eigenvalue weighted by Crippen LogP contribution is 2.40. The van der Waals surface area contributed by atoms with Crippen LogP contribution in [0.3, 0.4) is 0 Å². The van der Waals surface area contributed by atoms with Crippen molar-refractivity contribution in [3.05, 3.63) is 29.1 Å². The first-order chi connectivity index (χ1) is 10.1. The zero-order valence-electron chi connectivity index (χ0n) is 13.8. The molecule has 0 saturated carbocycles. The van der Waals surface area contributed by atoms with E-state index < -0.39 is 21.3 Å². The largest absolute Gasteiger partial charge is 0.485 e. The maximum Gasteiger partial charge on any atom is 0.128 e. The van der Waals surface area contributed by atoms with Crippen LogP contribution < -0.4 is 15.2 Å². The van der Waals surface area contributed by atoms with Crippen molar-refractivity contribution in [3.63, 3.8) is 0 Å². The molecule has 0 radical (unpaired) electrons. The Hall–Kier alpha value is -0.980. The molecule has 6 heteroatoms. The summed E-state index contributed by atoms with van der Waals surface area (Å²) in [4.78, 5) is 0. The van der Waals surface area contributed by atoms with Crippen molar-refractivity contribution in [1.82, 2.24) is 4.72 Å². The van der Waals surface area contributed by atoms with Crippen LogP contribution in [-0.4, -0.2) is 21.1 Å². The van der Waals surface area contributed by atoms with Crippen LogP contribution in [0.4, 0.5) is 4.39 Å². The molecule has 1 aliphatic rings. The summed E-state index contributed by atoms with van der Waals surface area (Å²) in [6.07, 6.45) is 0.582. The number of ether oxygens (including phenoxy) is 1. The molecule has 22 heavy (non-hydrogen) atoms.